The smallest absolute Gasteiger partial charge is 0.748 e. The molecule has 41 heavy (non-hydrogen) atoms. The van der Waals surface area contributed by atoms with Gasteiger partial charge in [0.25, 0.3) is 0 Å². The van der Waals surface area contributed by atoms with Gasteiger partial charge in [0, 0.05) is 6.61 Å². The Bertz CT molecular complexity index is 1230. The maximum Gasteiger partial charge on any atom is 1.00 e. The van der Waals surface area contributed by atoms with Gasteiger partial charge in [0.2, 0.25) is 0 Å². The Hall–Kier alpha value is -1.67. The standard InChI is InChI=1S/C30H36O9S.Na/c31-17-10-18-35-30-29(38-21-25-15-8-3-9-16-25)28(37-20-24-13-6-2-7-14-24)27(26(39-30)22-40(32,33)34)36-19-23-11-4-1-5-12-23;/h1-9,11-16,26-31H,10,17-22H2,(H,32,33,34);/q;+1/p-1/t26-,27-,28+,29-,30+;/m1./s1. The number of rotatable bonds is 15. The minimum atomic E-state index is -4.70. The Labute approximate surface area is 263 Å². The average molecular weight is 595 g/mol. The van der Waals surface area contributed by atoms with Crippen LogP contribution in [0.4, 0.5) is 0 Å². The van der Waals surface area contributed by atoms with Crippen molar-refractivity contribution in [3.8, 4) is 0 Å². The van der Waals surface area contributed by atoms with Crippen molar-refractivity contribution in [3.63, 3.8) is 0 Å². The second-order valence-corrected chi connectivity index (χ2v) is 10.9. The fourth-order valence-corrected chi connectivity index (χ4v) is 5.15. The van der Waals surface area contributed by atoms with Crippen LogP contribution in [-0.2, 0) is 53.6 Å². The van der Waals surface area contributed by atoms with E-state index in [9.17, 15) is 18.1 Å². The van der Waals surface area contributed by atoms with E-state index in [0.717, 1.165) is 16.7 Å². The summed E-state index contributed by atoms with van der Waals surface area (Å²) in [4.78, 5) is 0. The zero-order valence-electron chi connectivity index (χ0n) is 23.1. The summed E-state index contributed by atoms with van der Waals surface area (Å²) in [5.74, 6) is -0.830. The van der Waals surface area contributed by atoms with Crippen LogP contribution >= 0.6 is 0 Å². The zero-order valence-corrected chi connectivity index (χ0v) is 25.9. The predicted molar refractivity (Wildman–Crippen MR) is 146 cm³/mol. The fraction of sp³-hybridized carbons (Fsp3) is 0.400. The Morgan fingerprint density at radius 1 is 0.683 bits per heavy atom. The normalized spacial score (nSPS) is 22.6. The quantitative estimate of drug-likeness (QED) is 0.151. The van der Waals surface area contributed by atoms with Crippen LogP contribution in [0, 0.1) is 0 Å². The van der Waals surface area contributed by atoms with Crippen molar-refractivity contribution in [2.24, 2.45) is 0 Å². The number of benzene rings is 3. The molecule has 1 fully saturated rings. The average Bonchev–Trinajstić information content (AvgIpc) is 2.96. The minimum absolute atomic E-state index is 0. The third kappa shape index (κ3) is 11.2. The third-order valence-corrected chi connectivity index (χ3v) is 7.14. The largest absolute Gasteiger partial charge is 1.00 e. The summed E-state index contributed by atoms with van der Waals surface area (Å²) < 4.78 is 66.8. The predicted octanol–water partition coefficient (Wildman–Crippen LogP) is 0.416. The van der Waals surface area contributed by atoms with Crippen LogP contribution in [0.3, 0.4) is 0 Å². The third-order valence-electron chi connectivity index (χ3n) is 6.40. The van der Waals surface area contributed by atoms with E-state index in [0.29, 0.717) is 6.42 Å². The van der Waals surface area contributed by atoms with Crippen LogP contribution in [0.15, 0.2) is 91.0 Å². The molecule has 1 aliphatic heterocycles. The van der Waals surface area contributed by atoms with Gasteiger partial charge in [0.1, 0.15) is 24.4 Å². The van der Waals surface area contributed by atoms with Gasteiger partial charge < -0.3 is 33.3 Å². The summed E-state index contributed by atoms with van der Waals surface area (Å²) in [5.41, 5.74) is 2.66. The van der Waals surface area contributed by atoms with Crippen molar-refractivity contribution >= 4 is 10.1 Å². The Kier molecular flexibility index (Phi) is 14.4. The van der Waals surface area contributed by atoms with Crippen molar-refractivity contribution in [3.05, 3.63) is 108 Å². The number of ether oxygens (including phenoxy) is 5. The Morgan fingerprint density at radius 2 is 1.12 bits per heavy atom. The molecule has 0 aliphatic carbocycles. The number of hydrogen-bond acceptors (Lipinski definition) is 9. The molecule has 0 bridgehead atoms. The SMILES string of the molecule is O=S(=O)([O-])C[C@H]1O[C@H](OCCCO)[C@H](OCc2ccccc2)[C@@H](OCc2ccccc2)[C@@H]1OCc1ccccc1.[Na+]. The van der Waals surface area contributed by atoms with E-state index in [-0.39, 0.29) is 62.6 Å². The molecule has 4 rings (SSSR count). The van der Waals surface area contributed by atoms with Crippen molar-refractivity contribution in [2.45, 2.75) is 56.9 Å². The van der Waals surface area contributed by atoms with E-state index < -0.39 is 46.6 Å². The monoisotopic (exact) mass is 594 g/mol. The van der Waals surface area contributed by atoms with E-state index >= 15 is 0 Å². The molecule has 3 aromatic rings. The molecule has 216 valence electrons. The van der Waals surface area contributed by atoms with Crippen LogP contribution in [0.5, 0.6) is 0 Å². The summed E-state index contributed by atoms with van der Waals surface area (Å²) in [7, 11) is -4.70. The first kappa shape index (κ1) is 33.8. The number of hydrogen-bond donors (Lipinski definition) is 1. The summed E-state index contributed by atoms with van der Waals surface area (Å²) in [5, 5.41) is 9.28. The molecule has 9 nitrogen and oxygen atoms in total. The molecule has 1 heterocycles. The van der Waals surface area contributed by atoms with E-state index in [2.05, 4.69) is 0 Å². The molecule has 0 saturated carbocycles. The molecule has 1 saturated heterocycles. The van der Waals surface area contributed by atoms with E-state index in [1.165, 1.54) is 0 Å². The number of aliphatic hydroxyl groups excluding tert-OH is 1. The second kappa shape index (κ2) is 17.4. The van der Waals surface area contributed by atoms with Crippen LogP contribution in [0.1, 0.15) is 23.1 Å². The summed E-state index contributed by atoms with van der Waals surface area (Å²) >= 11 is 0. The number of aliphatic hydroxyl groups is 1. The van der Waals surface area contributed by atoms with Crippen LogP contribution in [-0.4, -0.2) is 67.7 Å². The Morgan fingerprint density at radius 3 is 1.56 bits per heavy atom. The molecule has 0 unspecified atom stereocenters. The van der Waals surface area contributed by atoms with Crippen LogP contribution < -0.4 is 29.6 Å². The van der Waals surface area contributed by atoms with Crippen molar-refractivity contribution in [1.82, 2.24) is 0 Å². The maximum absolute atomic E-state index is 11.9. The first-order valence-corrected chi connectivity index (χ1v) is 14.8. The molecular formula is C30H35NaO9S. The zero-order chi connectivity index (χ0) is 28.2. The molecule has 0 aromatic heterocycles. The van der Waals surface area contributed by atoms with Gasteiger partial charge in [0.05, 0.1) is 42.3 Å². The maximum atomic E-state index is 11.9. The molecule has 1 N–H and O–H groups in total. The van der Waals surface area contributed by atoms with Gasteiger partial charge in [-0.2, -0.15) is 0 Å². The van der Waals surface area contributed by atoms with Gasteiger partial charge >= 0.3 is 29.6 Å². The molecule has 3 aromatic carbocycles. The van der Waals surface area contributed by atoms with Gasteiger partial charge in [0.15, 0.2) is 6.29 Å². The first-order chi connectivity index (χ1) is 19.4. The van der Waals surface area contributed by atoms with Gasteiger partial charge in [-0.1, -0.05) is 91.0 Å². The Balaban J connectivity index is 0.00000462. The van der Waals surface area contributed by atoms with Crippen molar-refractivity contribution < 1.29 is 71.3 Å². The van der Waals surface area contributed by atoms with Crippen molar-refractivity contribution in [1.29, 1.82) is 0 Å². The van der Waals surface area contributed by atoms with Gasteiger partial charge in [-0.3, -0.25) is 0 Å². The topological polar surface area (TPSA) is 124 Å². The van der Waals surface area contributed by atoms with Crippen LogP contribution in [0.25, 0.3) is 0 Å². The molecule has 1 aliphatic rings. The first-order valence-electron chi connectivity index (χ1n) is 13.2. The molecule has 11 heteroatoms. The molecule has 0 radical (unpaired) electrons. The minimum Gasteiger partial charge on any atom is -0.748 e. The molecule has 0 spiro atoms. The van der Waals surface area contributed by atoms with Gasteiger partial charge in [-0.15, -0.1) is 0 Å². The molecule has 5 atom stereocenters. The van der Waals surface area contributed by atoms with E-state index in [1.54, 1.807) is 0 Å². The van der Waals surface area contributed by atoms with Crippen molar-refractivity contribution in [2.75, 3.05) is 19.0 Å². The second-order valence-electron chi connectivity index (χ2n) is 9.50. The van der Waals surface area contributed by atoms with E-state index in [1.807, 2.05) is 91.0 Å². The summed E-state index contributed by atoms with van der Waals surface area (Å²) in [6, 6.07) is 28.4. The molecule has 0 amide bonds. The van der Waals surface area contributed by atoms with Gasteiger partial charge in [-0.05, 0) is 23.1 Å². The van der Waals surface area contributed by atoms with Crippen LogP contribution in [0.2, 0.25) is 0 Å². The summed E-state index contributed by atoms with van der Waals surface area (Å²) in [6.07, 6.45) is -4.58. The fourth-order valence-electron chi connectivity index (χ4n) is 4.48. The molecular weight excluding hydrogens is 559 g/mol. The van der Waals surface area contributed by atoms with Gasteiger partial charge in [-0.25, -0.2) is 8.42 Å². The summed E-state index contributed by atoms with van der Waals surface area (Å²) in [6.45, 7) is 0.552. The van der Waals surface area contributed by atoms with E-state index in [4.69, 9.17) is 23.7 Å².